The number of aliphatic hydroxyl groups excluding tert-OH is 3. The Morgan fingerprint density at radius 3 is 1.54 bits per heavy atom. The predicted molar refractivity (Wildman–Crippen MR) is 310 cm³/mol. The number of methoxy groups -OCH3 is 1. The molecule has 0 aliphatic heterocycles. The molecule has 9 nitrogen and oxygen atoms in total. The molecule has 0 unspecified atom stereocenters. The van der Waals surface area contributed by atoms with Crippen LogP contribution in [0.3, 0.4) is 0 Å². The molecule has 404 valence electrons. The fourth-order valence-electron chi connectivity index (χ4n) is 5.19. The van der Waals surface area contributed by atoms with Gasteiger partial charge in [0.1, 0.15) is 18.0 Å². The average Bonchev–Trinajstić information content (AvgIpc) is 3.26. The summed E-state index contributed by atoms with van der Waals surface area (Å²) in [7, 11) is -4.45. The molecular formula is C60H98O9Si3. The van der Waals surface area contributed by atoms with E-state index in [1.807, 2.05) is 31.2 Å². The van der Waals surface area contributed by atoms with Crippen molar-refractivity contribution in [1.29, 1.82) is 0 Å². The van der Waals surface area contributed by atoms with Crippen LogP contribution >= 0.6 is 0 Å². The first-order valence-electron chi connectivity index (χ1n) is 25.9. The van der Waals surface area contributed by atoms with Crippen LogP contribution in [0.5, 0.6) is 0 Å². The van der Waals surface area contributed by atoms with Crippen LogP contribution in [-0.2, 0) is 27.6 Å². The van der Waals surface area contributed by atoms with Crippen LogP contribution < -0.4 is 0 Å². The first-order chi connectivity index (χ1) is 33.2. The number of carbonyl (C=O) groups excluding carboxylic acids is 2. The van der Waals surface area contributed by atoms with Crippen molar-refractivity contribution in [2.24, 2.45) is 0 Å². The molecule has 0 rings (SSSR count). The molecule has 0 saturated heterocycles. The second-order valence-electron chi connectivity index (χ2n) is 22.6. The number of carbonyl (C=O) groups is 2. The van der Waals surface area contributed by atoms with Crippen LogP contribution in [0.1, 0.15) is 147 Å². The van der Waals surface area contributed by atoms with E-state index < -0.39 is 43.3 Å². The average molecular weight is 1050 g/mol. The Labute approximate surface area is 443 Å². The molecule has 0 fully saturated rings. The zero-order valence-electron chi connectivity index (χ0n) is 48.3. The number of rotatable bonds is 24. The van der Waals surface area contributed by atoms with Gasteiger partial charge in [-0.3, -0.25) is 4.79 Å². The molecule has 0 amide bonds. The largest absolute Gasteiger partial charge is 0.469 e. The van der Waals surface area contributed by atoms with Gasteiger partial charge < -0.3 is 38.1 Å². The van der Waals surface area contributed by atoms with Crippen LogP contribution in [0.4, 0.5) is 0 Å². The van der Waals surface area contributed by atoms with Gasteiger partial charge in [-0.1, -0.05) is 160 Å². The predicted octanol–water partition coefficient (Wildman–Crippen LogP) is 13.3. The van der Waals surface area contributed by atoms with Gasteiger partial charge in [0, 0.05) is 25.7 Å². The van der Waals surface area contributed by atoms with Gasteiger partial charge in [-0.25, -0.2) is 0 Å². The van der Waals surface area contributed by atoms with E-state index in [9.17, 15) is 24.9 Å². The highest BCUT2D eigenvalue weighted by atomic mass is 28.4. The summed E-state index contributed by atoms with van der Waals surface area (Å²) >= 11 is 0. The highest BCUT2D eigenvalue weighted by Gasteiger charge is 2.40. The van der Waals surface area contributed by atoms with Crippen molar-refractivity contribution in [1.82, 2.24) is 0 Å². The number of aliphatic hydroxyl groups is 3. The molecule has 12 heteroatoms. The van der Waals surface area contributed by atoms with Gasteiger partial charge in [-0.05, 0) is 136 Å². The summed E-state index contributed by atoms with van der Waals surface area (Å²) < 4.78 is 24.7. The molecule has 0 aliphatic carbocycles. The van der Waals surface area contributed by atoms with Crippen molar-refractivity contribution in [2.75, 3.05) is 7.11 Å². The fraction of sp³-hybridized carbons (Fsp3) is 0.633. The van der Waals surface area contributed by atoms with Crippen molar-refractivity contribution in [3.8, 4) is 47.4 Å². The van der Waals surface area contributed by atoms with Crippen LogP contribution in [0.2, 0.25) is 54.4 Å². The second-order valence-corrected chi connectivity index (χ2v) is 36.8. The topological polar surface area (TPSA) is 132 Å². The van der Waals surface area contributed by atoms with Gasteiger partial charge in [0.25, 0.3) is 0 Å². The molecule has 0 aromatic heterocycles. The minimum absolute atomic E-state index is 0.0713. The summed E-state index contributed by atoms with van der Waals surface area (Å²) in [5.74, 6) is 23.9. The van der Waals surface area contributed by atoms with E-state index in [2.05, 4.69) is 168 Å². The van der Waals surface area contributed by atoms with Gasteiger partial charge in [0.05, 0.1) is 31.5 Å². The Balaban J connectivity index is 0. The van der Waals surface area contributed by atoms with Crippen molar-refractivity contribution < 1.29 is 42.9 Å². The molecule has 0 spiro atoms. The molecular weight excluding hydrogens is 949 g/mol. The number of ether oxygens (including phenoxy) is 1. The van der Waals surface area contributed by atoms with E-state index in [1.165, 1.54) is 14.0 Å². The first kappa shape index (κ1) is 70.3. The quantitative estimate of drug-likeness (QED) is 0.0374. The zero-order chi connectivity index (χ0) is 55.7. The maximum Gasteiger partial charge on any atom is 0.305 e. The van der Waals surface area contributed by atoms with Crippen LogP contribution in [0.25, 0.3) is 0 Å². The van der Waals surface area contributed by atoms with E-state index in [4.69, 9.17) is 18.0 Å². The monoisotopic (exact) mass is 1050 g/mol. The minimum Gasteiger partial charge on any atom is -0.469 e. The number of ketones is 1. The summed E-state index contributed by atoms with van der Waals surface area (Å²) in [4.78, 5) is 22.4. The van der Waals surface area contributed by atoms with Crippen molar-refractivity contribution >= 4 is 36.7 Å². The molecule has 0 saturated carbocycles. The van der Waals surface area contributed by atoms with Crippen molar-refractivity contribution in [3.05, 3.63) is 72.9 Å². The third-order valence-corrected chi connectivity index (χ3v) is 26.5. The lowest BCUT2D eigenvalue weighted by molar-refractivity contribution is -0.140. The Morgan fingerprint density at radius 2 is 1.03 bits per heavy atom. The van der Waals surface area contributed by atoms with Gasteiger partial charge in [0.2, 0.25) is 0 Å². The number of esters is 1. The van der Waals surface area contributed by atoms with E-state index >= 15 is 0 Å². The Kier molecular flexibility index (Phi) is 35.4. The normalized spacial score (nSPS) is 15.4. The SMILES string of the molecule is CC[C@@H](O)/C=C/C#CC[C@@H](O)/C=C/C=C/C#C[C@@H](O)CCCC(C)=O.CC[C@H](/C=C/C#CC[C@H](/C=C/C=C/C#C[C@H](CCCC(=O)OC)O[Si](C)(C)C(C)(C)C)O[Si](C)(C)C(C)(C)C)O[Si](C)(C)C(C)(C)C. The maximum absolute atomic E-state index is 11.6. The fourth-order valence-corrected chi connectivity index (χ4v) is 9.06. The molecule has 0 aromatic rings. The number of hydrogen-bond donors (Lipinski definition) is 3. The lowest BCUT2D eigenvalue weighted by Gasteiger charge is -2.38. The third kappa shape index (κ3) is 34.6. The van der Waals surface area contributed by atoms with Crippen molar-refractivity contribution in [2.45, 2.75) is 238 Å². The smallest absolute Gasteiger partial charge is 0.305 e. The summed E-state index contributed by atoms with van der Waals surface area (Å²) in [5.41, 5.74) is 0. The third-order valence-electron chi connectivity index (χ3n) is 13.0. The molecule has 0 aromatic carbocycles. The lowest BCUT2D eigenvalue weighted by Crippen LogP contribution is -2.43. The summed E-state index contributed by atoms with van der Waals surface area (Å²) in [5, 5.41) is 28.9. The number of hydrogen-bond acceptors (Lipinski definition) is 9. The van der Waals surface area contributed by atoms with Gasteiger partial charge in [-0.15, -0.1) is 0 Å². The van der Waals surface area contributed by atoms with E-state index in [0.717, 1.165) is 6.42 Å². The van der Waals surface area contributed by atoms with Crippen LogP contribution in [0.15, 0.2) is 72.9 Å². The molecule has 72 heavy (non-hydrogen) atoms. The van der Waals surface area contributed by atoms with E-state index in [1.54, 1.807) is 36.5 Å². The van der Waals surface area contributed by atoms with Crippen LogP contribution in [-0.4, -0.2) is 95.8 Å². The summed E-state index contributed by atoms with van der Waals surface area (Å²) in [6, 6.07) is 0. The highest BCUT2D eigenvalue weighted by Crippen LogP contribution is 2.39. The Morgan fingerprint density at radius 1 is 0.542 bits per heavy atom. The number of Topliss-reactive ketones (excluding diaryl/α,β-unsaturated/α-hetero) is 1. The maximum atomic E-state index is 11.6. The molecule has 0 bridgehead atoms. The van der Waals surface area contributed by atoms with Gasteiger partial charge >= 0.3 is 5.97 Å². The number of allylic oxidation sites excluding steroid dienone is 8. The Hall–Kier alpha value is -3.77. The summed E-state index contributed by atoms with van der Waals surface area (Å²) in [6.45, 7) is 39.4. The molecule has 6 atom stereocenters. The van der Waals surface area contributed by atoms with Crippen molar-refractivity contribution in [3.63, 3.8) is 0 Å². The van der Waals surface area contributed by atoms with Crippen LogP contribution in [0, 0.1) is 47.4 Å². The standard InChI is InChI=1S/C39H70O5Si3.C21H28O4/c1-18-33(42-45(12,13)37(2,3)4)27-24-21-25-30-34(43-46(14,15)38(5,6)7)28-22-19-20-23-29-35(31-26-32-36(40)41-11)44-47(16,17)39(8,9)10;1-3-19(23)13-9-6-10-16-20(24)14-7-4-5-8-15-21(25)17-11-12-18(2)22/h19-20,22,24,27-28,33-35H,18,26,30-32H2,1-17H3;4-5,7,9,13-14,19-21,23-25H,3,11-12,16-17H2,1-2H3/b20-19+,27-24+,28-22+;5-4+,13-9+,14-7+/t33-,34+,35-;19-,20+,21-/m11/s1. The highest BCUT2D eigenvalue weighted by molar-refractivity contribution is 6.75. The zero-order valence-corrected chi connectivity index (χ0v) is 51.3. The van der Waals surface area contributed by atoms with E-state index in [0.29, 0.717) is 57.8 Å². The molecule has 3 N–H and O–H groups in total. The minimum atomic E-state index is -2.02. The molecule has 0 radical (unpaired) electrons. The second kappa shape index (κ2) is 36.2. The molecule has 0 heterocycles. The molecule has 0 aliphatic rings. The van der Waals surface area contributed by atoms with Gasteiger partial charge in [0.15, 0.2) is 25.0 Å². The van der Waals surface area contributed by atoms with E-state index in [-0.39, 0.29) is 45.2 Å². The lowest BCUT2D eigenvalue weighted by atomic mass is 10.1. The Bertz CT molecular complexity index is 2030. The first-order valence-corrected chi connectivity index (χ1v) is 34.6. The summed E-state index contributed by atoms with van der Waals surface area (Å²) in [6.07, 6.45) is 25.3. The van der Waals surface area contributed by atoms with Gasteiger partial charge in [-0.2, -0.15) is 0 Å².